The molecule has 3 rings (SSSR count). The van der Waals surface area contributed by atoms with E-state index in [1.807, 2.05) is 31.3 Å². The van der Waals surface area contributed by atoms with Crippen LogP contribution in [0.2, 0.25) is 0 Å². The zero-order chi connectivity index (χ0) is 18.7. The Morgan fingerprint density at radius 1 is 1.00 bits per heavy atom. The van der Waals surface area contributed by atoms with Crippen molar-refractivity contribution in [3.8, 4) is 11.5 Å². The van der Waals surface area contributed by atoms with E-state index in [4.69, 9.17) is 9.47 Å². The van der Waals surface area contributed by atoms with E-state index < -0.39 is 17.8 Å². The molecule has 0 radical (unpaired) electrons. The third-order valence-electron chi connectivity index (χ3n) is 4.56. The number of quaternary nitrogens is 1. The molecule has 3 nitrogen and oxygen atoms in total. The zero-order valence-electron chi connectivity index (χ0n) is 14.9. The standard InChI is InChI=1S/C20H22F3NO2/c1-3-25-17-11-13-9-10-24-19(15(13)12-18(17)26-4-2)14-7-5-6-8-16(14)20(21,22)23/h5-8,11-12,19,24H,3-4,9-10H2,1-2H3/p+1/t19-/m0/s1. The van der Waals surface area contributed by atoms with Gasteiger partial charge in [0.05, 0.1) is 25.3 Å². The quantitative estimate of drug-likeness (QED) is 0.876. The van der Waals surface area contributed by atoms with E-state index in [1.54, 1.807) is 12.1 Å². The molecular weight excluding hydrogens is 343 g/mol. The SMILES string of the molecule is CCOc1cc2c(cc1OCC)[C@H](c1ccccc1C(F)(F)F)[NH2+]CC2. The third-order valence-corrected chi connectivity index (χ3v) is 4.56. The van der Waals surface area contributed by atoms with Gasteiger partial charge >= 0.3 is 6.18 Å². The summed E-state index contributed by atoms with van der Waals surface area (Å²) < 4.78 is 51.8. The number of ether oxygens (including phenoxy) is 2. The van der Waals surface area contributed by atoms with Crippen LogP contribution in [0.1, 0.15) is 42.1 Å². The van der Waals surface area contributed by atoms with Gasteiger partial charge in [-0.1, -0.05) is 18.2 Å². The lowest BCUT2D eigenvalue weighted by molar-refractivity contribution is -0.690. The minimum atomic E-state index is -4.38. The van der Waals surface area contributed by atoms with E-state index in [-0.39, 0.29) is 5.56 Å². The van der Waals surface area contributed by atoms with Crippen LogP contribution in [0.15, 0.2) is 36.4 Å². The number of hydrogen-bond acceptors (Lipinski definition) is 2. The van der Waals surface area contributed by atoms with E-state index >= 15 is 0 Å². The minimum absolute atomic E-state index is 0.285. The van der Waals surface area contributed by atoms with Crippen molar-refractivity contribution in [2.75, 3.05) is 19.8 Å². The highest BCUT2D eigenvalue weighted by Gasteiger charge is 2.38. The molecule has 26 heavy (non-hydrogen) atoms. The lowest BCUT2D eigenvalue weighted by Gasteiger charge is -2.27. The summed E-state index contributed by atoms with van der Waals surface area (Å²) in [6.07, 6.45) is -3.59. The molecule has 6 heteroatoms. The Hall–Kier alpha value is -2.21. The van der Waals surface area contributed by atoms with Crippen LogP contribution in [0.4, 0.5) is 13.2 Å². The number of fused-ring (bicyclic) bond motifs is 1. The van der Waals surface area contributed by atoms with Gasteiger partial charge in [0, 0.05) is 17.5 Å². The second-order valence-electron chi connectivity index (χ2n) is 6.20. The van der Waals surface area contributed by atoms with Crippen molar-refractivity contribution in [1.29, 1.82) is 0 Å². The van der Waals surface area contributed by atoms with Crippen molar-refractivity contribution in [2.24, 2.45) is 0 Å². The van der Waals surface area contributed by atoms with E-state index in [0.717, 1.165) is 30.2 Å². The van der Waals surface area contributed by atoms with Crippen molar-refractivity contribution >= 4 is 0 Å². The van der Waals surface area contributed by atoms with Crippen LogP contribution >= 0.6 is 0 Å². The molecule has 0 aromatic heterocycles. The fourth-order valence-corrected chi connectivity index (χ4v) is 3.51. The largest absolute Gasteiger partial charge is 0.490 e. The van der Waals surface area contributed by atoms with Crippen molar-refractivity contribution < 1.29 is 28.0 Å². The number of alkyl halides is 3. The molecule has 0 saturated carbocycles. The molecule has 2 aromatic carbocycles. The molecule has 2 N–H and O–H groups in total. The van der Waals surface area contributed by atoms with Crippen LogP contribution < -0.4 is 14.8 Å². The topological polar surface area (TPSA) is 35.1 Å². The third kappa shape index (κ3) is 3.65. The summed E-state index contributed by atoms with van der Waals surface area (Å²) in [6, 6.07) is 9.15. The predicted octanol–water partition coefficient (Wildman–Crippen LogP) is 3.71. The van der Waals surface area contributed by atoms with Gasteiger partial charge in [-0.2, -0.15) is 13.2 Å². The maximum atomic E-state index is 13.5. The minimum Gasteiger partial charge on any atom is -0.490 e. The van der Waals surface area contributed by atoms with E-state index in [2.05, 4.69) is 0 Å². The summed E-state index contributed by atoms with van der Waals surface area (Å²) in [5.74, 6) is 1.23. The van der Waals surface area contributed by atoms with Gasteiger partial charge in [-0.3, -0.25) is 0 Å². The molecule has 1 heterocycles. The molecule has 1 atom stereocenters. The van der Waals surface area contributed by atoms with Crippen molar-refractivity contribution in [3.63, 3.8) is 0 Å². The summed E-state index contributed by atoms with van der Waals surface area (Å²) in [5, 5.41) is 1.96. The first-order chi connectivity index (χ1) is 12.5. The Bertz CT molecular complexity index is 774. The molecule has 1 aliphatic heterocycles. The number of halogens is 3. The van der Waals surface area contributed by atoms with Gasteiger partial charge in [-0.05, 0) is 37.6 Å². The van der Waals surface area contributed by atoms with Crippen molar-refractivity contribution in [1.82, 2.24) is 0 Å². The van der Waals surface area contributed by atoms with Gasteiger partial charge in [-0.15, -0.1) is 0 Å². The zero-order valence-corrected chi connectivity index (χ0v) is 14.9. The predicted molar refractivity (Wildman–Crippen MR) is 92.6 cm³/mol. The maximum Gasteiger partial charge on any atom is 0.416 e. The molecule has 0 fully saturated rings. The number of rotatable bonds is 5. The molecule has 0 bridgehead atoms. The lowest BCUT2D eigenvalue weighted by atomic mass is 9.87. The van der Waals surface area contributed by atoms with Gasteiger partial charge in [0.25, 0.3) is 0 Å². The molecule has 140 valence electrons. The van der Waals surface area contributed by atoms with Crippen LogP contribution in [0.5, 0.6) is 11.5 Å². The van der Waals surface area contributed by atoms with E-state index in [1.165, 1.54) is 6.07 Å². The highest BCUT2D eigenvalue weighted by Crippen LogP contribution is 2.39. The van der Waals surface area contributed by atoms with E-state index in [0.29, 0.717) is 24.7 Å². The molecule has 0 spiro atoms. The average molecular weight is 366 g/mol. The Morgan fingerprint density at radius 2 is 1.65 bits per heavy atom. The van der Waals surface area contributed by atoms with Crippen molar-refractivity contribution in [3.05, 3.63) is 58.7 Å². The Morgan fingerprint density at radius 3 is 2.31 bits per heavy atom. The summed E-state index contributed by atoms with van der Waals surface area (Å²) >= 11 is 0. The first-order valence-electron chi connectivity index (χ1n) is 8.87. The second kappa shape index (κ2) is 7.58. The summed E-state index contributed by atoms with van der Waals surface area (Å²) in [6.45, 7) is 5.46. The summed E-state index contributed by atoms with van der Waals surface area (Å²) in [5.41, 5.74) is 1.58. The summed E-state index contributed by atoms with van der Waals surface area (Å²) in [7, 11) is 0. The average Bonchev–Trinajstić information content (AvgIpc) is 2.61. The molecule has 0 unspecified atom stereocenters. The molecule has 0 amide bonds. The van der Waals surface area contributed by atoms with Gasteiger partial charge in [-0.25, -0.2) is 0 Å². The Labute approximate surface area is 151 Å². The smallest absolute Gasteiger partial charge is 0.416 e. The lowest BCUT2D eigenvalue weighted by Crippen LogP contribution is -2.87. The number of nitrogens with two attached hydrogens (primary N) is 1. The highest BCUT2D eigenvalue weighted by molar-refractivity contribution is 5.51. The fourth-order valence-electron chi connectivity index (χ4n) is 3.51. The van der Waals surface area contributed by atoms with Crippen LogP contribution in [0, 0.1) is 0 Å². The van der Waals surface area contributed by atoms with Gasteiger partial charge in [0.2, 0.25) is 0 Å². The monoisotopic (exact) mass is 366 g/mol. The van der Waals surface area contributed by atoms with Crippen LogP contribution in [-0.2, 0) is 12.6 Å². The first kappa shape index (κ1) is 18.6. The number of benzene rings is 2. The maximum absolute atomic E-state index is 13.5. The molecule has 0 saturated heterocycles. The van der Waals surface area contributed by atoms with Crippen LogP contribution in [-0.4, -0.2) is 19.8 Å². The van der Waals surface area contributed by atoms with Gasteiger partial charge in [0.1, 0.15) is 6.04 Å². The highest BCUT2D eigenvalue weighted by atomic mass is 19.4. The van der Waals surface area contributed by atoms with Crippen molar-refractivity contribution in [2.45, 2.75) is 32.5 Å². The fraction of sp³-hybridized carbons (Fsp3) is 0.400. The molecular formula is C20H23F3NO2+. The normalized spacial score (nSPS) is 16.9. The van der Waals surface area contributed by atoms with Crippen LogP contribution in [0.25, 0.3) is 0 Å². The molecule has 1 aliphatic rings. The van der Waals surface area contributed by atoms with E-state index in [9.17, 15) is 13.2 Å². The van der Waals surface area contributed by atoms with Crippen LogP contribution in [0.3, 0.4) is 0 Å². The molecule has 2 aromatic rings. The second-order valence-corrected chi connectivity index (χ2v) is 6.20. The summed E-state index contributed by atoms with van der Waals surface area (Å²) in [4.78, 5) is 0. The Kier molecular flexibility index (Phi) is 5.41. The Balaban J connectivity index is 2.11. The first-order valence-corrected chi connectivity index (χ1v) is 8.87. The van der Waals surface area contributed by atoms with Gasteiger partial charge < -0.3 is 14.8 Å². The molecule has 0 aliphatic carbocycles. The number of hydrogen-bond donors (Lipinski definition) is 1. The van der Waals surface area contributed by atoms with Gasteiger partial charge in [0.15, 0.2) is 11.5 Å².